The number of hydrogen-bond donors (Lipinski definition) is 0. The van der Waals surface area contributed by atoms with Crippen molar-refractivity contribution in [3.63, 3.8) is 0 Å². The van der Waals surface area contributed by atoms with Crippen molar-refractivity contribution in [2.45, 2.75) is 33.4 Å². The van der Waals surface area contributed by atoms with Crippen molar-refractivity contribution in [1.82, 2.24) is 4.57 Å². The van der Waals surface area contributed by atoms with Gasteiger partial charge < -0.3 is 14.0 Å². The average molecular weight is 352 g/mol. The quantitative estimate of drug-likeness (QED) is 0.430. The molecule has 0 unspecified atom stereocenters. The second-order valence-corrected chi connectivity index (χ2v) is 6.10. The van der Waals surface area contributed by atoms with Crippen LogP contribution in [0.15, 0.2) is 42.0 Å². The maximum atomic E-state index is 12.4. The number of hydrogen-bond acceptors (Lipinski definition) is 4. The Bertz CT molecular complexity index is 829. The van der Waals surface area contributed by atoms with Crippen LogP contribution in [0.1, 0.15) is 35.5 Å². The molecular formula is C21H24N2O3. The molecular weight excluding hydrogens is 328 g/mol. The van der Waals surface area contributed by atoms with Gasteiger partial charge in [0, 0.05) is 25.0 Å². The molecule has 1 aromatic carbocycles. The van der Waals surface area contributed by atoms with Gasteiger partial charge in [0.05, 0.1) is 6.61 Å². The van der Waals surface area contributed by atoms with E-state index in [9.17, 15) is 10.1 Å². The first-order valence-corrected chi connectivity index (χ1v) is 8.51. The van der Waals surface area contributed by atoms with E-state index in [4.69, 9.17) is 9.47 Å². The van der Waals surface area contributed by atoms with Crippen LogP contribution >= 0.6 is 0 Å². The van der Waals surface area contributed by atoms with E-state index in [0.717, 1.165) is 29.1 Å². The monoisotopic (exact) mass is 352 g/mol. The third kappa shape index (κ3) is 4.62. The van der Waals surface area contributed by atoms with Crippen molar-refractivity contribution in [3.05, 3.63) is 64.5 Å². The minimum absolute atomic E-state index is 0.0141. The van der Waals surface area contributed by atoms with E-state index in [1.807, 2.05) is 56.3 Å². The Hall–Kier alpha value is -2.84. The number of nitrogens with zero attached hydrogens (tertiary/aromatic N) is 2. The molecule has 26 heavy (non-hydrogen) atoms. The molecule has 0 aliphatic rings. The smallest absolute Gasteiger partial charge is 0.349 e. The fourth-order valence-corrected chi connectivity index (χ4v) is 2.81. The number of carbonyl (C=O) groups excluding carboxylic acids is 1. The Morgan fingerprint density at radius 1 is 1.31 bits per heavy atom. The highest BCUT2D eigenvalue weighted by Gasteiger charge is 2.17. The molecule has 2 aromatic rings. The van der Waals surface area contributed by atoms with Crippen LogP contribution in [0, 0.1) is 25.2 Å². The summed E-state index contributed by atoms with van der Waals surface area (Å²) < 4.78 is 12.7. The molecule has 0 aliphatic carbocycles. The minimum Gasteiger partial charge on any atom is -0.454 e. The van der Waals surface area contributed by atoms with E-state index in [1.54, 1.807) is 20.1 Å². The summed E-state index contributed by atoms with van der Waals surface area (Å²) in [5.74, 6) is -0.620. The lowest BCUT2D eigenvalue weighted by molar-refractivity contribution is -0.143. The molecule has 1 atom stereocenters. The van der Waals surface area contributed by atoms with Gasteiger partial charge >= 0.3 is 5.97 Å². The van der Waals surface area contributed by atoms with Crippen LogP contribution in [0.3, 0.4) is 0 Å². The van der Waals surface area contributed by atoms with Gasteiger partial charge in [-0.2, -0.15) is 5.26 Å². The molecule has 0 N–H and O–H groups in total. The molecule has 0 saturated carbocycles. The lowest BCUT2D eigenvalue weighted by atomic mass is 10.1. The molecule has 0 radical (unpaired) electrons. The zero-order valence-electron chi connectivity index (χ0n) is 15.7. The largest absolute Gasteiger partial charge is 0.454 e. The Morgan fingerprint density at radius 3 is 2.62 bits per heavy atom. The fourth-order valence-electron chi connectivity index (χ4n) is 2.81. The summed E-state index contributed by atoms with van der Waals surface area (Å²) in [6, 6.07) is 13.4. The highest BCUT2D eigenvalue weighted by Crippen LogP contribution is 2.21. The van der Waals surface area contributed by atoms with Crippen LogP contribution in [0.4, 0.5) is 0 Å². The Kier molecular flexibility index (Phi) is 6.76. The lowest BCUT2D eigenvalue weighted by Gasteiger charge is -2.13. The number of aryl methyl sites for hydroxylation is 1. The Balaban J connectivity index is 2.20. The first-order valence-electron chi connectivity index (χ1n) is 8.51. The molecule has 0 bridgehead atoms. The summed E-state index contributed by atoms with van der Waals surface area (Å²) in [5, 5.41) is 9.40. The molecule has 2 rings (SSSR count). The van der Waals surface area contributed by atoms with E-state index in [0.29, 0.717) is 6.61 Å². The number of rotatable bonds is 7. The first-order chi connectivity index (χ1) is 12.5. The number of nitriles is 1. The highest BCUT2D eigenvalue weighted by molar-refractivity contribution is 5.98. The Labute approximate surface area is 154 Å². The van der Waals surface area contributed by atoms with Gasteiger partial charge in [-0.1, -0.05) is 30.3 Å². The van der Waals surface area contributed by atoms with Crippen LogP contribution < -0.4 is 0 Å². The van der Waals surface area contributed by atoms with Crippen LogP contribution in [0.2, 0.25) is 0 Å². The van der Waals surface area contributed by atoms with E-state index < -0.39 is 12.1 Å². The molecule has 5 heteroatoms. The number of benzene rings is 1. The molecule has 0 amide bonds. The molecule has 5 nitrogen and oxygen atoms in total. The molecule has 0 saturated heterocycles. The Morgan fingerprint density at radius 2 is 2.00 bits per heavy atom. The van der Waals surface area contributed by atoms with E-state index in [2.05, 4.69) is 4.57 Å². The minimum atomic E-state index is -0.620. The van der Waals surface area contributed by atoms with Crippen molar-refractivity contribution in [2.75, 3.05) is 13.7 Å². The molecule has 0 fully saturated rings. The SMILES string of the molecule is COCCn1c(C)cc(/C=C(\C#N)C(=O)O[C@@H](C)c2ccccc2)c1C. The van der Waals surface area contributed by atoms with Crippen LogP contribution in [-0.2, 0) is 20.8 Å². The second kappa shape index (κ2) is 9.02. The predicted molar refractivity (Wildman–Crippen MR) is 100 cm³/mol. The van der Waals surface area contributed by atoms with Gasteiger partial charge in [0.2, 0.25) is 0 Å². The van der Waals surface area contributed by atoms with Crippen molar-refractivity contribution in [1.29, 1.82) is 5.26 Å². The van der Waals surface area contributed by atoms with Crippen molar-refractivity contribution in [2.24, 2.45) is 0 Å². The van der Waals surface area contributed by atoms with E-state index in [1.165, 1.54) is 0 Å². The zero-order valence-corrected chi connectivity index (χ0v) is 15.7. The average Bonchev–Trinajstić information content (AvgIpc) is 2.91. The maximum absolute atomic E-state index is 12.4. The summed E-state index contributed by atoms with van der Waals surface area (Å²) in [6.45, 7) is 7.06. The third-order valence-electron chi connectivity index (χ3n) is 4.32. The number of ether oxygens (including phenoxy) is 2. The van der Waals surface area contributed by atoms with Gasteiger partial charge in [0.15, 0.2) is 0 Å². The number of esters is 1. The van der Waals surface area contributed by atoms with Gasteiger partial charge in [-0.3, -0.25) is 0 Å². The van der Waals surface area contributed by atoms with E-state index in [-0.39, 0.29) is 5.57 Å². The number of carbonyl (C=O) groups is 1. The summed E-state index contributed by atoms with van der Waals surface area (Å²) in [4.78, 5) is 12.4. The standard InChI is InChI=1S/C21H24N2O3/c1-15-12-19(16(2)23(15)10-11-25-4)13-20(14-22)21(24)26-17(3)18-8-6-5-7-9-18/h5-9,12-13,17H,10-11H2,1-4H3/b20-13+/t17-/m0/s1. The maximum Gasteiger partial charge on any atom is 0.349 e. The van der Waals surface area contributed by atoms with Gasteiger partial charge in [-0.15, -0.1) is 0 Å². The van der Waals surface area contributed by atoms with Gasteiger partial charge in [0.1, 0.15) is 17.7 Å². The van der Waals surface area contributed by atoms with Crippen LogP contribution in [0.5, 0.6) is 0 Å². The van der Waals surface area contributed by atoms with Crippen molar-refractivity contribution < 1.29 is 14.3 Å². The zero-order chi connectivity index (χ0) is 19.1. The predicted octanol–water partition coefficient (Wildman–Crippen LogP) is 3.96. The van der Waals surface area contributed by atoms with Gasteiger partial charge in [-0.25, -0.2) is 4.79 Å². The van der Waals surface area contributed by atoms with Crippen molar-refractivity contribution in [3.8, 4) is 6.07 Å². The van der Waals surface area contributed by atoms with Gasteiger partial charge in [0.25, 0.3) is 0 Å². The molecule has 136 valence electrons. The fraction of sp³-hybridized carbons (Fsp3) is 0.333. The second-order valence-electron chi connectivity index (χ2n) is 6.10. The summed E-state index contributed by atoms with van der Waals surface area (Å²) in [5.41, 5.74) is 3.74. The normalized spacial score (nSPS) is 12.5. The number of aromatic nitrogens is 1. The van der Waals surface area contributed by atoms with Crippen LogP contribution in [0.25, 0.3) is 6.08 Å². The molecule has 1 aromatic heterocycles. The summed E-state index contributed by atoms with van der Waals surface area (Å²) in [7, 11) is 1.66. The van der Waals surface area contributed by atoms with Crippen molar-refractivity contribution >= 4 is 12.0 Å². The third-order valence-corrected chi connectivity index (χ3v) is 4.32. The molecule has 0 aliphatic heterocycles. The molecule has 0 spiro atoms. The van der Waals surface area contributed by atoms with Crippen LogP contribution in [-0.4, -0.2) is 24.3 Å². The molecule has 1 heterocycles. The topological polar surface area (TPSA) is 64.2 Å². The van der Waals surface area contributed by atoms with E-state index >= 15 is 0 Å². The summed E-state index contributed by atoms with van der Waals surface area (Å²) in [6.07, 6.45) is 1.17. The highest BCUT2D eigenvalue weighted by atomic mass is 16.5. The number of methoxy groups -OCH3 is 1. The summed E-state index contributed by atoms with van der Waals surface area (Å²) >= 11 is 0. The first kappa shape index (κ1) is 19.5. The lowest BCUT2D eigenvalue weighted by Crippen LogP contribution is -2.10. The van der Waals surface area contributed by atoms with Gasteiger partial charge in [-0.05, 0) is 44.0 Å².